The van der Waals surface area contributed by atoms with Gasteiger partial charge in [0.2, 0.25) is 5.78 Å². The van der Waals surface area contributed by atoms with Crippen molar-refractivity contribution < 1.29 is 14.4 Å². The summed E-state index contributed by atoms with van der Waals surface area (Å²) in [6.07, 6.45) is 1.74. The number of amides is 2. The lowest BCUT2D eigenvalue weighted by Gasteiger charge is -2.16. The third-order valence-electron chi connectivity index (χ3n) is 4.23. The summed E-state index contributed by atoms with van der Waals surface area (Å²) in [7, 11) is 0. The van der Waals surface area contributed by atoms with E-state index in [4.69, 9.17) is 5.73 Å². The normalized spacial score (nSPS) is 11.6. The van der Waals surface area contributed by atoms with Gasteiger partial charge in [-0.15, -0.1) is 0 Å². The van der Waals surface area contributed by atoms with Crippen molar-refractivity contribution in [2.75, 3.05) is 0 Å². The predicted octanol–water partition coefficient (Wildman–Crippen LogP) is 1.18. The van der Waals surface area contributed by atoms with Crippen LogP contribution in [0.1, 0.15) is 21.7 Å². The Morgan fingerprint density at radius 3 is 2.46 bits per heavy atom. The molecule has 3 rings (SSSR count). The number of primary amides is 1. The van der Waals surface area contributed by atoms with Crippen molar-refractivity contribution in [2.45, 2.75) is 19.4 Å². The number of ketones is 1. The summed E-state index contributed by atoms with van der Waals surface area (Å²) in [6.45, 7) is 1.77. The van der Waals surface area contributed by atoms with Crippen molar-refractivity contribution in [2.24, 2.45) is 5.73 Å². The van der Waals surface area contributed by atoms with Gasteiger partial charge in [0.15, 0.2) is 5.69 Å². The minimum absolute atomic E-state index is 0.0894. The zero-order valence-electron chi connectivity index (χ0n) is 15.2. The molecule has 2 aromatic heterocycles. The Morgan fingerprint density at radius 2 is 1.82 bits per heavy atom. The Bertz CT molecular complexity index is 999. The second-order valence-electron chi connectivity index (χ2n) is 6.23. The molecule has 3 aromatic rings. The number of nitrogens with one attached hydrogen (secondary N) is 2. The monoisotopic (exact) mass is 377 g/mol. The molecular weight excluding hydrogens is 358 g/mol. The van der Waals surface area contributed by atoms with Crippen molar-refractivity contribution >= 4 is 17.6 Å². The fourth-order valence-corrected chi connectivity index (χ4v) is 2.87. The predicted molar refractivity (Wildman–Crippen MR) is 102 cm³/mol. The summed E-state index contributed by atoms with van der Waals surface area (Å²) in [6, 6.07) is 13.3. The molecule has 0 radical (unpaired) electrons. The summed E-state index contributed by atoms with van der Waals surface area (Å²) in [5.74, 6) is -2.58. The smallest absolute Gasteiger partial charge is 0.287 e. The van der Waals surface area contributed by atoms with Crippen LogP contribution in [0.15, 0.2) is 54.7 Å². The second kappa shape index (κ2) is 8.26. The highest BCUT2D eigenvalue weighted by atomic mass is 16.2. The molecule has 4 N–H and O–H groups in total. The first-order valence-corrected chi connectivity index (χ1v) is 8.62. The molecule has 0 saturated heterocycles. The first kappa shape index (κ1) is 19.0. The van der Waals surface area contributed by atoms with Gasteiger partial charge in [0.05, 0.1) is 11.3 Å². The molecular formula is C20H19N5O3. The van der Waals surface area contributed by atoms with Crippen LogP contribution in [0.4, 0.5) is 0 Å². The summed E-state index contributed by atoms with van der Waals surface area (Å²) >= 11 is 0. The zero-order chi connectivity index (χ0) is 20.1. The molecule has 0 aliphatic rings. The third kappa shape index (κ3) is 4.12. The van der Waals surface area contributed by atoms with E-state index in [9.17, 15) is 14.4 Å². The maximum absolute atomic E-state index is 12.9. The Labute approximate surface area is 161 Å². The lowest BCUT2D eigenvalue weighted by molar-refractivity contribution is -0.137. The van der Waals surface area contributed by atoms with E-state index in [2.05, 4.69) is 20.5 Å². The number of hydrogen-bond donors (Lipinski definition) is 3. The minimum Gasteiger partial charge on any atom is -0.363 e. The summed E-state index contributed by atoms with van der Waals surface area (Å²) < 4.78 is 0. The van der Waals surface area contributed by atoms with Crippen LogP contribution in [0.25, 0.3) is 11.3 Å². The molecule has 0 aliphatic heterocycles. The average Bonchev–Trinajstić information content (AvgIpc) is 3.09. The van der Waals surface area contributed by atoms with E-state index in [0.717, 1.165) is 5.56 Å². The van der Waals surface area contributed by atoms with Gasteiger partial charge >= 0.3 is 0 Å². The number of carbonyl (C=O) groups excluding carboxylic acids is 3. The number of aryl methyl sites for hydroxylation is 1. The molecule has 0 fully saturated rings. The van der Waals surface area contributed by atoms with Crippen molar-refractivity contribution in [3.05, 3.63) is 71.7 Å². The summed E-state index contributed by atoms with van der Waals surface area (Å²) in [4.78, 5) is 40.8. The molecule has 0 spiro atoms. The van der Waals surface area contributed by atoms with Gasteiger partial charge < -0.3 is 11.1 Å². The molecule has 1 atom stereocenters. The van der Waals surface area contributed by atoms with Crippen LogP contribution in [0.3, 0.4) is 0 Å². The number of pyridine rings is 1. The van der Waals surface area contributed by atoms with Crippen LogP contribution in [0.5, 0.6) is 0 Å². The second-order valence-corrected chi connectivity index (χ2v) is 6.23. The maximum atomic E-state index is 12.9. The van der Waals surface area contributed by atoms with E-state index in [0.29, 0.717) is 17.0 Å². The number of nitrogens with two attached hydrogens (primary N) is 1. The first-order chi connectivity index (χ1) is 13.5. The SMILES string of the molecule is Cc1[nH]nc(C(=O)NC(Cc2ccccc2)C(=O)C(N)=O)c1-c1ccccn1. The zero-order valence-corrected chi connectivity index (χ0v) is 15.2. The minimum atomic E-state index is -1.11. The molecule has 2 heterocycles. The number of aromatic amines is 1. The van der Waals surface area contributed by atoms with Crippen LogP contribution < -0.4 is 11.1 Å². The number of rotatable bonds is 7. The van der Waals surface area contributed by atoms with Gasteiger partial charge in [0.25, 0.3) is 11.8 Å². The van der Waals surface area contributed by atoms with Crippen molar-refractivity contribution in [1.29, 1.82) is 0 Å². The van der Waals surface area contributed by atoms with Gasteiger partial charge in [-0.1, -0.05) is 36.4 Å². The molecule has 8 heteroatoms. The van der Waals surface area contributed by atoms with Crippen LogP contribution in [0, 0.1) is 6.92 Å². The molecule has 0 aliphatic carbocycles. The van der Waals surface area contributed by atoms with Crippen molar-refractivity contribution in [3.8, 4) is 11.3 Å². The van der Waals surface area contributed by atoms with Gasteiger partial charge in [-0.3, -0.25) is 24.5 Å². The Balaban J connectivity index is 1.89. The van der Waals surface area contributed by atoms with Gasteiger partial charge in [-0.2, -0.15) is 5.10 Å². The Hall–Kier alpha value is -3.81. The first-order valence-electron chi connectivity index (χ1n) is 8.62. The van der Waals surface area contributed by atoms with Crippen molar-refractivity contribution in [3.63, 3.8) is 0 Å². The fourth-order valence-electron chi connectivity index (χ4n) is 2.87. The van der Waals surface area contributed by atoms with E-state index in [-0.39, 0.29) is 12.1 Å². The topological polar surface area (TPSA) is 131 Å². The number of hydrogen-bond acceptors (Lipinski definition) is 5. The number of H-pyrrole nitrogens is 1. The Kier molecular flexibility index (Phi) is 5.59. The molecule has 142 valence electrons. The van der Waals surface area contributed by atoms with Gasteiger partial charge in [-0.25, -0.2) is 0 Å². The highest BCUT2D eigenvalue weighted by Gasteiger charge is 2.28. The van der Waals surface area contributed by atoms with Crippen LogP contribution in [-0.2, 0) is 16.0 Å². The molecule has 0 bridgehead atoms. The number of Topliss-reactive ketones (excluding diaryl/α,β-unsaturated/α-hetero) is 1. The third-order valence-corrected chi connectivity index (χ3v) is 4.23. The summed E-state index contributed by atoms with van der Waals surface area (Å²) in [5.41, 5.74) is 7.79. The van der Waals surface area contributed by atoms with Crippen LogP contribution in [-0.4, -0.2) is 38.8 Å². The van der Waals surface area contributed by atoms with Gasteiger partial charge in [-0.05, 0) is 24.6 Å². The molecule has 1 unspecified atom stereocenters. The Morgan fingerprint density at radius 1 is 1.11 bits per heavy atom. The highest BCUT2D eigenvalue weighted by molar-refractivity contribution is 6.38. The van der Waals surface area contributed by atoms with Crippen molar-refractivity contribution in [1.82, 2.24) is 20.5 Å². The van der Waals surface area contributed by atoms with E-state index in [1.807, 2.05) is 6.07 Å². The van der Waals surface area contributed by atoms with Gasteiger partial charge in [0.1, 0.15) is 6.04 Å². The van der Waals surface area contributed by atoms with E-state index in [1.54, 1.807) is 55.6 Å². The fraction of sp³-hybridized carbons (Fsp3) is 0.150. The van der Waals surface area contributed by atoms with Gasteiger partial charge in [0, 0.05) is 18.3 Å². The molecule has 0 saturated carbocycles. The molecule has 2 amide bonds. The lowest BCUT2D eigenvalue weighted by Crippen LogP contribution is -2.47. The quantitative estimate of drug-likeness (QED) is 0.532. The van der Waals surface area contributed by atoms with Crippen LogP contribution in [0.2, 0.25) is 0 Å². The standard InChI is InChI=1S/C20H19N5O3/c1-12-16(14-9-5-6-10-22-14)17(25-24-12)20(28)23-15(18(26)19(21)27)11-13-7-3-2-4-8-13/h2-10,15H,11H2,1H3,(H2,21,27)(H,23,28)(H,24,25). The van der Waals surface area contributed by atoms with E-state index in [1.165, 1.54) is 0 Å². The maximum Gasteiger partial charge on any atom is 0.287 e. The highest BCUT2D eigenvalue weighted by Crippen LogP contribution is 2.23. The summed E-state index contributed by atoms with van der Waals surface area (Å²) in [5, 5.41) is 9.40. The molecule has 28 heavy (non-hydrogen) atoms. The number of nitrogens with zero attached hydrogens (tertiary/aromatic N) is 2. The molecule has 1 aromatic carbocycles. The number of carbonyl (C=O) groups is 3. The average molecular weight is 377 g/mol. The van der Waals surface area contributed by atoms with E-state index >= 15 is 0 Å². The number of aromatic nitrogens is 3. The largest absolute Gasteiger partial charge is 0.363 e. The lowest BCUT2D eigenvalue weighted by atomic mass is 10.0. The number of benzene rings is 1. The van der Waals surface area contributed by atoms with Crippen LogP contribution >= 0.6 is 0 Å². The van der Waals surface area contributed by atoms with E-state index < -0.39 is 23.6 Å². The molecule has 8 nitrogen and oxygen atoms in total.